The molecule has 2 aromatic rings. The highest BCUT2D eigenvalue weighted by Crippen LogP contribution is 2.17. The minimum atomic E-state index is -0.811. The molecule has 2 aromatic carbocycles. The summed E-state index contributed by atoms with van der Waals surface area (Å²) < 4.78 is 24.2. The van der Waals surface area contributed by atoms with E-state index in [9.17, 15) is 18.8 Å². The largest absolute Gasteiger partial charge is 0.482 e. The molecule has 2 rings (SSSR count). The van der Waals surface area contributed by atoms with Crippen LogP contribution in [0.3, 0.4) is 0 Å². The highest BCUT2D eigenvalue weighted by molar-refractivity contribution is 5.99. The van der Waals surface area contributed by atoms with Crippen LogP contribution in [0.25, 0.3) is 0 Å². The number of nitrogens with one attached hydrogen (secondary N) is 1. The topological polar surface area (TPSA) is 81.7 Å². The maximum atomic E-state index is 14.0. The van der Waals surface area contributed by atoms with Crippen molar-refractivity contribution in [2.24, 2.45) is 0 Å². The average molecular weight is 373 g/mol. The summed E-state index contributed by atoms with van der Waals surface area (Å²) in [5.74, 6) is -2.07. The summed E-state index contributed by atoms with van der Waals surface area (Å²) in [6.45, 7) is 4.13. The van der Waals surface area contributed by atoms with Gasteiger partial charge >= 0.3 is 5.97 Å². The SMILES string of the molecule is CC(=O)Nc1ccc(C(=O)COC(=O)COc2cc(C)cc(C)c2)c(F)c1. The summed E-state index contributed by atoms with van der Waals surface area (Å²) in [5.41, 5.74) is 1.99. The van der Waals surface area contributed by atoms with Crippen LogP contribution in [0.5, 0.6) is 5.75 Å². The lowest BCUT2D eigenvalue weighted by molar-refractivity contribution is -0.144. The monoisotopic (exact) mass is 373 g/mol. The molecule has 27 heavy (non-hydrogen) atoms. The third-order valence-corrected chi connectivity index (χ3v) is 3.51. The lowest BCUT2D eigenvalue weighted by Crippen LogP contribution is -2.20. The van der Waals surface area contributed by atoms with Crippen molar-refractivity contribution < 1.29 is 28.2 Å². The van der Waals surface area contributed by atoms with Gasteiger partial charge in [0, 0.05) is 12.6 Å². The normalized spacial score (nSPS) is 10.2. The number of halogens is 1. The van der Waals surface area contributed by atoms with Gasteiger partial charge in [0.25, 0.3) is 0 Å². The van der Waals surface area contributed by atoms with Gasteiger partial charge in [0.15, 0.2) is 13.2 Å². The van der Waals surface area contributed by atoms with E-state index in [-0.39, 0.29) is 23.8 Å². The van der Waals surface area contributed by atoms with Crippen molar-refractivity contribution in [3.8, 4) is 5.75 Å². The summed E-state index contributed by atoms with van der Waals surface area (Å²) >= 11 is 0. The predicted molar refractivity (Wildman–Crippen MR) is 97.4 cm³/mol. The average Bonchev–Trinajstić information content (AvgIpc) is 2.56. The van der Waals surface area contributed by atoms with Crippen LogP contribution in [-0.4, -0.2) is 30.9 Å². The summed E-state index contributed by atoms with van der Waals surface area (Å²) in [6, 6.07) is 9.16. The van der Waals surface area contributed by atoms with E-state index in [0.717, 1.165) is 17.2 Å². The molecule has 1 amide bonds. The molecular weight excluding hydrogens is 353 g/mol. The fraction of sp³-hybridized carbons (Fsp3) is 0.250. The number of Topliss-reactive ketones (excluding diaryl/α,β-unsaturated/α-hetero) is 1. The van der Waals surface area contributed by atoms with Gasteiger partial charge in [0.05, 0.1) is 5.56 Å². The lowest BCUT2D eigenvalue weighted by Gasteiger charge is -2.09. The van der Waals surface area contributed by atoms with E-state index < -0.39 is 24.2 Å². The Morgan fingerprint density at radius 3 is 2.26 bits per heavy atom. The first-order valence-electron chi connectivity index (χ1n) is 8.21. The fourth-order valence-electron chi connectivity index (χ4n) is 2.45. The van der Waals surface area contributed by atoms with Crippen LogP contribution >= 0.6 is 0 Å². The third kappa shape index (κ3) is 6.22. The van der Waals surface area contributed by atoms with Crippen LogP contribution in [0, 0.1) is 19.7 Å². The Morgan fingerprint density at radius 2 is 1.67 bits per heavy atom. The number of carbonyl (C=O) groups excluding carboxylic acids is 3. The molecule has 142 valence electrons. The number of hydrogen-bond donors (Lipinski definition) is 1. The molecule has 0 aromatic heterocycles. The molecule has 0 aliphatic carbocycles. The Morgan fingerprint density at radius 1 is 1.00 bits per heavy atom. The number of rotatable bonds is 7. The summed E-state index contributed by atoms with van der Waals surface area (Å²) in [7, 11) is 0. The Labute approximate surface area is 156 Å². The van der Waals surface area contributed by atoms with E-state index in [1.54, 1.807) is 12.1 Å². The van der Waals surface area contributed by atoms with Crippen LogP contribution in [0.4, 0.5) is 10.1 Å². The van der Waals surface area contributed by atoms with Crippen molar-refractivity contribution in [3.63, 3.8) is 0 Å². The zero-order chi connectivity index (χ0) is 20.0. The molecule has 0 aliphatic heterocycles. The Bertz CT molecular complexity index is 858. The van der Waals surface area contributed by atoms with Gasteiger partial charge in [-0.05, 0) is 55.3 Å². The molecular formula is C20H20FNO5. The predicted octanol–water partition coefficient (Wildman–Crippen LogP) is 3.21. The fourth-order valence-corrected chi connectivity index (χ4v) is 2.45. The number of aryl methyl sites for hydroxylation is 2. The van der Waals surface area contributed by atoms with E-state index in [0.29, 0.717) is 5.75 Å². The van der Waals surface area contributed by atoms with Gasteiger partial charge in [-0.1, -0.05) is 6.07 Å². The second kappa shape index (κ2) is 8.93. The molecule has 0 spiro atoms. The number of ether oxygens (including phenoxy) is 2. The first-order chi connectivity index (χ1) is 12.7. The maximum absolute atomic E-state index is 14.0. The van der Waals surface area contributed by atoms with Gasteiger partial charge in [-0.2, -0.15) is 0 Å². The van der Waals surface area contributed by atoms with Crippen LogP contribution in [0.15, 0.2) is 36.4 Å². The summed E-state index contributed by atoms with van der Waals surface area (Å²) in [5, 5.41) is 2.41. The van der Waals surface area contributed by atoms with E-state index in [2.05, 4.69) is 5.32 Å². The number of benzene rings is 2. The van der Waals surface area contributed by atoms with E-state index in [4.69, 9.17) is 9.47 Å². The molecule has 0 saturated heterocycles. The molecule has 6 nitrogen and oxygen atoms in total. The molecule has 0 fully saturated rings. The van der Waals surface area contributed by atoms with Crippen molar-refractivity contribution in [1.82, 2.24) is 0 Å². The number of carbonyl (C=O) groups is 3. The molecule has 7 heteroatoms. The smallest absolute Gasteiger partial charge is 0.344 e. The first-order valence-corrected chi connectivity index (χ1v) is 8.21. The van der Waals surface area contributed by atoms with Gasteiger partial charge in [0.1, 0.15) is 11.6 Å². The quantitative estimate of drug-likeness (QED) is 0.595. The number of amides is 1. The number of ketones is 1. The van der Waals surface area contributed by atoms with Crippen LogP contribution < -0.4 is 10.1 Å². The molecule has 0 heterocycles. The summed E-state index contributed by atoms with van der Waals surface area (Å²) in [4.78, 5) is 34.7. The zero-order valence-electron chi connectivity index (χ0n) is 15.3. The van der Waals surface area contributed by atoms with Gasteiger partial charge in [0.2, 0.25) is 11.7 Å². The van der Waals surface area contributed by atoms with Crippen LogP contribution in [0.2, 0.25) is 0 Å². The van der Waals surface area contributed by atoms with Gasteiger partial charge in [-0.25, -0.2) is 9.18 Å². The van der Waals surface area contributed by atoms with Crippen molar-refractivity contribution in [2.45, 2.75) is 20.8 Å². The highest BCUT2D eigenvalue weighted by atomic mass is 19.1. The van der Waals surface area contributed by atoms with Crippen LogP contribution in [0.1, 0.15) is 28.4 Å². The number of esters is 1. The van der Waals surface area contributed by atoms with Crippen molar-refractivity contribution in [2.75, 3.05) is 18.5 Å². The molecule has 0 aliphatic rings. The van der Waals surface area contributed by atoms with Gasteiger partial charge in [-0.3, -0.25) is 9.59 Å². The number of anilines is 1. The highest BCUT2D eigenvalue weighted by Gasteiger charge is 2.15. The Hall–Kier alpha value is -3.22. The molecule has 1 N–H and O–H groups in total. The Kier molecular flexibility index (Phi) is 6.65. The van der Waals surface area contributed by atoms with Crippen molar-refractivity contribution in [1.29, 1.82) is 0 Å². The second-order valence-electron chi connectivity index (χ2n) is 6.07. The minimum Gasteiger partial charge on any atom is -0.482 e. The molecule has 0 radical (unpaired) electrons. The van der Waals surface area contributed by atoms with Crippen molar-refractivity contribution >= 4 is 23.3 Å². The van der Waals surface area contributed by atoms with E-state index in [1.165, 1.54) is 19.1 Å². The van der Waals surface area contributed by atoms with Crippen LogP contribution in [-0.2, 0) is 14.3 Å². The standard InChI is InChI=1S/C20H20FNO5/c1-12-6-13(2)8-16(7-12)26-11-20(25)27-10-19(24)17-5-4-15(9-18(17)21)22-14(3)23/h4-9H,10-11H2,1-3H3,(H,22,23). The molecule has 0 bridgehead atoms. The number of hydrogen-bond acceptors (Lipinski definition) is 5. The van der Waals surface area contributed by atoms with E-state index >= 15 is 0 Å². The van der Waals surface area contributed by atoms with E-state index in [1.807, 2.05) is 19.9 Å². The van der Waals surface area contributed by atoms with Gasteiger partial charge < -0.3 is 14.8 Å². The third-order valence-electron chi connectivity index (χ3n) is 3.51. The first kappa shape index (κ1) is 20.1. The van der Waals surface area contributed by atoms with Gasteiger partial charge in [-0.15, -0.1) is 0 Å². The molecule has 0 saturated carbocycles. The van der Waals surface area contributed by atoms with Crippen molar-refractivity contribution in [3.05, 3.63) is 58.9 Å². The molecule has 0 atom stereocenters. The summed E-state index contributed by atoms with van der Waals surface area (Å²) in [6.07, 6.45) is 0. The lowest BCUT2D eigenvalue weighted by atomic mass is 10.1. The Balaban J connectivity index is 1.87. The zero-order valence-corrected chi connectivity index (χ0v) is 15.3. The molecule has 0 unspecified atom stereocenters. The minimum absolute atomic E-state index is 0.230. The maximum Gasteiger partial charge on any atom is 0.344 e. The second-order valence-corrected chi connectivity index (χ2v) is 6.07.